The first kappa shape index (κ1) is 7.64. The summed E-state index contributed by atoms with van der Waals surface area (Å²) in [6.45, 7) is 0.519. The van der Waals surface area contributed by atoms with E-state index in [9.17, 15) is 9.00 Å². The minimum absolute atomic E-state index is 0.123. The van der Waals surface area contributed by atoms with Gasteiger partial charge in [0.15, 0.2) is 0 Å². The minimum Gasteiger partial charge on any atom is -0.293 e. The molecule has 1 aliphatic heterocycles. The van der Waals surface area contributed by atoms with Gasteiger partial charge in [0.2, 0.25) is 5.91 Å². The summed E-state index contributed by atoms with van der Waals surface area (Å²) < 4.78 is 18.4. The van der Waals surface area contributed by atoms with Gasteiger partial charge in [-0.15, -0.1) is 4.83 Å². The topological polar surface area (TPSA) is 69.6 Å². The van der Waals surface area contributed by atoms with Crippen LogP contribution < -0.4 is 4.83 Å². The van der Waals surface area contributed by atoms with Crippen LogP contribution in [-0.4, -0.2) is 26.2 Å². The van der Waals surface area contributed by atoms with E-state index in [-0.39, 0.29) is 5.91 Å². The molecule has 1 fully saturated rings. The van der Waals surface area contributed by atoms with Gasteiger partial charge in [-0.25, -0.2) is 4.21 Å². The average Bonchev–Trinajstić information content (AvgIpc) is 2.15. The molecule has 1 aliphatic rings. The fourth-order valence-corrected chi connectivity index (χ4v) is 1.22. The van der Waals surface area contributed by atoms with Crippen molar-refractivity contribution < 1.29 is 13.6 Å². The SMILES string of the molecule is O=C1CCCN1NS(=O)O. The first-order valence-corrected chi connectivity index (χ1v) is 3.98. The van der Waals surface area contributed by atoms with Crippen LogP contribution in [0.2, 0.25) is 0 Å². The van der Waals surface area contributed by atoms with Crippen LogP contribution in [0.3, 0.4) is 0 Å². The number of carbonyl (C=O) groups is 1. The third-order valence-corrected chi connectivity index (χ3v) is 1.64. The number of rotatable bonds is 2. The van der Waals surface area contributed by atoms with Crippen LogP contribution >= 0.6 is 0 Å². The molecule has 0 aromatic carbocycles. The number of hydrogen-bond donors (Lipinski definition) is 2. The van der Waals surface area contributed by atoms with Crippen LogP contribution in [-0.2, 0) is 16.1 Å². The van der Waals surface area contributed by atoms with Gasteiger partial charge < -0.3 is 0 Å². The lowest BCUT2D eigenvalue weighted by Crippen LogP contribution is -2.39. The molecule has 5 nitrogen and oxygen atoms in total. The van der Waals surface area contributed by atoms with Gasteiger partial charge in [-0.05, 0) is 6.42 Å². The van der Waals surface area contributed by atoms with Crippen molar-refractivity contribution in [1.82, 2.24) is 9.84 Å². The summed E-state index contributed by atoms with van der Waals surface area (Å²) in [5.41, 5.74) is 0. The van der Waals surface area contributed by atoms with Crippen LogP contribution in [0.4, 0.5) is 0 Å². The van der Waals surface area contributed by atoms with Gasteiger partial charge in [-0.1, -0.05) is 0 Å². The van der Waals surface area contributed by atoms with E-state index >= 15 is 0 Å². The first-order chi connectivity index (χ1) is 4.70. The maximum atomic E-state index is 10.7. The molecule has 1 unspecified atom stereocenters. The Balaban J connectivity index is 2.40. The fraction of sp³-hybridized carbons (Fsp3) is 0.750. The Bertz CT molecular complexity index is 172. The molecule has 1 saturated heterocycles. The molecule has 1 amide bonds. The van der Waals surface area contributed by atoms with E-state index in [1.54, 1.807) is 0 Å². The van der Waals surface area contributed by atoms with E-state index in [1.807, 2.05) is 0 Å². The molecule has 0 saturated carbocycles. The number of hydrazine groups is 1. The summed E-state index contributed by atoms with van der Waals surface area (Å²) in [7, 11) is 0. The quantitative estimate of drug-likeness (QED) is 0.527. The predicted octanol–water partition coefficient (Wildman–Crippen LogP) is -0.750. The van der Waals surface area contributed by atoms with E-state index in [0.717, 1.165) is 11.4 Å². The lowest BCUT2D eigenvalue weighted by atomic mass is 10.4. The van der Waals surface area contributed by atoms with Crippen molar-refractivity contribution in [3.8, 4) is 0 Å². The first-order valence-electron chi connectivity index (χ1n) is 2.87. The third kappa shape index (κ3) is 1.76. The van der Waals surface area contributed by atoms with E-state index in [2.05, 4.69) is 4.83 Å². The molecular weight excluding hydrogens is 156 g/mol. The van der Waals surface area contributed by atoms with Gasteiger partial charge in [0.1, 0.15) is 0 Å². The Morgan fingerprint density at radius 1 is 1.70 bits per heavy atom. The molecule has 2 N–H and O–H groups in total. The highest BCUT2D eigenvalue weighted by Gasteiger charge is 2.20. The largest absolute Gasteiger partial charge is 0.293 e. The Hall–Kier alpha value is -0.460. The van der Waals surface area contributed by atoms with E-state index in [1.165, 1.54) is 0 Å². The van der Waals surface area contributed by atoms with Crippen LogP contribution in [0.1, 0.15) is 12.8 Å². The average molecular weight is 164 g/mol. The number of carbonyl (C=O) groups excluding carboxylic acids is 1. The fourth-order valence-electron chi connectivity index (χ4n) is 0.839. The maximum absolute atomic E-state index is 10.7. The summed E-state index contributed by atoms with van der Waals surface area (Å²) in [4.78, 5) is 12.8. The molecule has 1 atom stereocenters. The van der Waals surface area contributed by atoms with Crippen LogP contribution in [0.15, 0.2) is 0 Å². The molecule has 1 rings (SSSR count). The highest BCUT2D eigenvalue weighted by molar-refractivity contribution is 7.77. The van der Waals surface area contributed by atoms with Gasteiger partial charge in [-0.2, -0.15) is 0 Å². The normalized spacial score (nSPS) is 21.7. The van der Waals surface area contributed by atoms with Crippen molar-refractivity contribution in [2.75, 3.05) is 6.54 Å². The molecular formula is C4H8N2O3S. The van der Waals surface area contributed by atoms with Crippen LogP contribution in [0.5, 0.6) is 0 Å². The summed E-state index contributed by atoms with van der Waals surface area (Å²) in [6, 6.07) is 0. The van der Waals surface area contributed by atoms with Crippen molar-refractivity contribution in [3.05, 3.63) is 0 Å². The van der Waals surface area contributed by atoms with Gasteiger partial charge in [0.25, 0.3) is 11.3 Å². The van der Waals surface area contributed by atoms with Gasteiger partial charge in [0, 0.05) is 13.0 Å². The zero-order valence-electron chi connectivity index (χ0n) is 5.24. The zero-order chi connectivity index (χ0) is 7.56. The highest BCUT2D eigenvalue weighted by atomic mass is 32.2. The molecule has 6 heteroatoms. The third-order valence-electron chi connectivity index (χ3n) is 1.26. The standard InChI is InChI=1S/C4H8N2O3S/c7-4-2-1-3-6(4)5-10(8)9/h5H,1-3H2,(H,8,9). The van der Waals surface area contributed by atoms with Crippen LogP contribution in [0.25, 0.3) is 0 Å². The molecule has 0 aromatic rings. The minimum atomic E-state index is -2.12. The summed E-state index contributed by atoms with van der Waals surface area (Å²) in [5, 5.41) is 1.16. The molecule has 0 radical (unpaired) electrons. The van der Waals surface area contributed by atoms with Gasteiger partial charge in [-0.3, -0.25) is 14.4 Å². The summed E-state index contributed by atoms with van der Waals surface area (Å²) in [5.74, 6) is -0.123. The van der Waals surface area contributed by atoms with Crippen LogP contribution in [0, 0.1) is 0 Å². The molecule has 0 aromatic heterocycles. The van der Waals surface area contributed by atoms with Crippen molar-refractivity contribution in [2.24, 2.45) is 0 Å². The van der Waals surface area contributed by atoms with E-state index in [0.29, 0.717) is 13.0 Å². The van der Waals surface area contributed by atoms with Crippen molar-refractivity contribution in [1.29, 1.82) is 0 Å². The Labute approximate surface area is 60.8 Å². The van der Waals surface area contributed by atoms with Gasteiger partial charge in [0.05, 0.1) is 0 Å². The maximum Gasteiger partial charge on any atom is 0.250 e. The predicted molar refractivity (Wildman–Crippen MR) is 34.9 cm³/mol. The second-order valence-corrected chi connectivity index (χ2v) is 2.67. The smallest absolute Gasteiger partial charge is 0.250 e. The monoisotopic (exact) mass is 164 g/mol. The Morgan fingerprint density at radius 3 is 2.80 bits per heavy atom. The van der Waals surface area contributed by atoms with Crippen molar-refractivity contribution in [2.45, 2.75) is 12.8 Å². The number of nitrogens with zero attached hydrogens (tertiary/aromatic N) is 1. The van der Waals surface area contributed by atoms with Crippen molar-refractivity contribution >= 4 is 17.2 Å². The second kappa shape index (κ2) is 3.09. The Kier molecular flexibility index (Phi) is 2.36. The molecule has 10 heavy (non-hydrogen) atoms. The Morgan fingerprint density at radius 2 is 2.40 bits per heavy atom. The molecule has 58 valence electrons. The zero-order valence-corrected chi connectivity index (χ0v) is 6.06. The number of amides is 1. The summed E-state index contributed by atoms with van der Waals surface area (Å²) >= 11 is -2.12. The number of hydrogen-bond acceptors (Lipinski definition) is 2. The van der Waals surface area contributed by atoms with Crippen molar-refractivity contribution in [3.63, 3.8) is 0 Å². The lowest BCUT2D eigenvalue weighted by Gasteiger charge is -2.12. The molecule has 0 aliphatic carbocycles. The number of nitrogens with one attached hydrogen (secondary N) is 1. The summed E-state index contributed by atoms with van der Waals surface area (Å²) in [6.07, 6.45) is 1.22. The molecule has 0 bridgehead atoms. The lowest BCUT2D eigenvalue weighted by molar-refractivity contribution is -0.129. The second-order valence-electron chi connectivity index (χ2n) is 1.99. The molecule has 1 heterocycles. The van der Waals surface area contributed by atoms with E-state index < -0.39 is 11.3 Å². The molecule has 0 spiro atoms. The van der Waals surface area contributed by atoms with E-state index in [4.69, 9.17) is 4.55 Å². The van der Waals surface area contributed by atoms with Gasteiger partial charge >= 0.3 is 0 Å². The highest BCUT2D eigenvalue weighted by Crippen LogP contribution is 2.05.